The van der Waals surface area contributed by atoms with E-state index in [9.17, 15) is 9.59 Å². The zero-order valence-electron chi connectivity index (χ0n) is 8.93. The number of hydrogen-bond acceptors (Lipinski definition) is 4. The zero-order chi connectivity index (χ0) is 11.6. The molecule has 1 aliphatic heterocycles. The van der Waals surface area contributed by atoms with Crippen molar-refractivity contribution in [2.75, 3.05) is 24.6 Å². The van der Waals surface area contributed by atoms with E-state index in [1.165, 1.54) is 4.90 Å². The second kappa shape index (κ2) is 4.65. The third-order valence-electron chi connectivity index (χ3n) is 2.55. The molecule has 0 N–H and O–H groups in total. The van der Waals surface area contributed by atoms with Gasteiger partial charge in [-0.3, -0.25) is 9.69 Å². The van der Waals surface area contributed by atoms with Crippen LogP contribution < -0.4 is 0 Å². The second-order valence-corrected chi connectivity index (χ2v) is 4.79. The van der Waals surface area contributed by atoms with E-state index in [-0.39, 0.29) is 11.9 Å². The van der Waals surface area contributed by atoms with Crippen LogP contribution in [0.3, 0.4) is 0 Å². The summed E-state index contributed by atoms with van der Waals surface area (Å²) < 4.78 is 0. The van der Waals surface area contributed by atoms with Crippen molar-refractivity contribution >= 4 is 37.2 Å². The van der Waals surface area contributed by atoms with Gasteiger partial charge in [-0.05, 0) is 13.8 Å². The number of urea groups is 1. The predicted octanol–water partition coefficient (Wildman–Crippen LogP) is 0.889. The van der Waals surface area contributed by atoms with Crippen LogP contribution in [0.5, 0.6) is 0 Å². The van der Waals surface area contributed by atoms with Gasteiger partial charge >= 0.3 is 6.03 Å². The van der Waals surface area contributed by atoms with Crippen LogP contribution >= 0.6 is 25.3 Å². The van der Waals surface area contributed by atoms with Crippen LogP contribution in [0, 0.1) is 0 Å². The zero-order valence-corrected chi connectivity index (χ0v) is 10.7. The highest BCUT2D eigenvalue weighted by molar-refractivity contribution is 7.80. The Morgan fingerprint density at radius 1 is 1.13 bits per heavy atom. The van der Waals surface area contributed by atoms with E-state index in [0.717, 1.165) is 0 Å². The lowest BCUT2D eigenvalue weighted by atomic mass is 10.0. The summed E-state index contributed by atoms with van der Waals surface area (Å²) in [6.45, 7) is 4.38. The van der Waals surface area contributed by atoms with Crippen LogP contribution in [0.15, 0.2) is 0 Å². The maximum Gasteiger partial charge on any atom is 0.327 e. The van der Waals surface area contributed by atoms with Crippen molar-refractivity contribution in [2.45, 2.75) is 19.4 Å². The lowest BCUT2D eigenvalue weighted by molar-refractivity contribution is -0.131. The average molecular weight is 248 g/mol. The maximum atomic E-state index is 11.9. The number of carbonyl (C=O) groups excluding carboxylic acids is 2. The number of carbonyl (C=O) groups is 2. The molecule has 0 spiro atoms. The monoisotopic (exact) mass is 248 g/mol. The molecule has 0 aromatic heterocycles. The Balaban J connectivity index is 2.92. The molecule has 0 saturated carbocycles. The molecule has 1 fully saturated rings. The fraction of sp³-hybridized carbons (Fsp3) is 0.778. The predicted molar refractivity (Wildman–Crippen MR) is 65.6 cm³/mol. The summed E-state index contributed by atoms with van der Waals surface area (Å²) in [7, 11) is 0. The first-order valence-corrected chi connectivity index (χ1v) is 6.08. The fourth-order valence-electron chi connectivity index (χ4n) is 1.69. The summed E-state index contributed by atoms with van der Waals surface area (Å²) in [5, 5.41) is 0. The molecule has 1 rings (SSSR count). The normalized spacial score (nSPS) is 20.3. The third kappa shape index (κ3) is 2.10. The average Bonchev–Trinajstić information content (AvgIpc) is 2.33. The van der Waals surface area contributed by atoms with E-state index < -0.39 is 5.54 Å². The fourth-order valence-corrected chi connectivity index (χ4v) is 2.09. The van der Waals surface area contributed by atoms with Gasteiger partial charge in [0.2, 0.25) is 0 Å². The van der Waals surface area contributed by atoms with E-state index in [2.05, 4.69) is 25.3 Å². The number of nitrogens with zero attached hydrogens (tertiary/aromatic N) is 2. The minimum absolute atomic E-state index is 0.150. The van der Waals surface area contributed by atoms with Gasteiger partial charge in [-0.25, -0.2) is 4.79 Å². The largest absolute Gasteiger partial charge is 0.327 e. The molecule has 6 heteroatoms. The van der Waals surface area contributed by atoms with E-state index in [0.29, 0.717) is 24.6 Å². The molecule has 0 radical (unpaired) electrons. The van der Waals surface area contributed by atoms with Crippen molar-refractivity contribution in [1.29, 1.82) is 0 Å². The Kier molecular flexibility index (Phi) is 3.94. The number of imide groups is 1. The first kappa shape index (κ1) is 12.7. The molecular formula is C9H16N2O2S2. The van der Waals surface area contributed by atoms with Gasteiger partial charge in [-0.15, -0.1) is 0 Å². The first-order valence-electron chi connectivity index (χ1n) is 4.82. The van der Waals surface area contributed by atoms with Crippen LogP contribution in [-0.2, 0) is 4.79 Å². The van der Waals surface area contributed by atoms with E-state index in [4.69, 9.17) is 0 Å². The summed E-state index contributed by atoms with van der Waals surface area (Å²) in [4.78, 5) is 26.6. The molecule has 0 atom stereocenters. The van der Waals surface area contributed by atoms with Gasteiger partial charge in [0, 0.05) is 24.6 Å². The SMILES string of the molecule is CC1(C)C(=O)N(CCS)C(=O)N1CCS. The van der Waals surface area contributed by atoms with Gasteiger partial charge < -0.3 is 4.90 Å². The van der Waals surface area contributed by atoms with E-state index >= 15 is 0 Å². The second-order valence-electron chi connectivity index (χ2n) is 3.90. The lowest BCUT2D eigenvalue weighted by Gasteiger charge is -2.26. The lowest BCUT2D eigenvalue weighted by Crippen LogP contribution is -2.45. The Bertz CT molecular complexity index is 281. The number of thiol groups is 2. The highest BCUT2D eigenvalue weighted by Crippen LogP contribution is 2.27. The van der Waals surface area contributed by atoms with Gasteiger partial charge in [0.15, 0.2) is 0 Å². The molecule has 0 bridgehead atoms. The van der Waals surface area contributed by atoms with Crippen molar-refractivity contribution in [2.24, 2.45) is 0 Å². The molecule has 3 amide bonds. The maximum absolute atomic E-state index is 11.9. The summed E-state index contributed by atoms with van der Waals surface area (Å²) in [6.07, 6.45) is 0. The highest BCUT2D eigenvalue weighted by atomic mass is 32.1. The minimum Gasteiger partial charge on any atom is -0.309 e. The topological polar surface area (TPSA) is 40.6 Å². The van der Waals surface area contributed by atoms with E-state index in [1.807, 2.05) is 0 Å². The summed E-state index contributed by atoms with van der Waals surface area (Å²) in [5.74, 6) is 0.891. The summed E-state index contributed by atoms with van der Waals surface area (Å²) >= 11 is 8.12. The van der Waals surface area contributed by atoms with Crippen LogP contribution in [0.2, 0.25) is 0 Å². The van der Waals surface area contributed by atoms with Gasteiger partial charge in [-0.1, -0.05) is 0 Å². The molecule has 1 aliphatic rings. The summed E-state index contributed by atoms with van der Waals surface area (Å²) in [5.41, 5.74) is -0.747. The van der Waals surface area contributed by atoms with Crippen molar-refractivity contribution in [3.63, 3.8) is 0 Å². The molecule has 0 aromatic carbocycles. The number of amides is 3. The standard InChI is InChI=1S/C9H16N2O2S2/c1-9(2)7(12)10(3-5-14)8(13)11(9)4-6-15/h14-15H,3-6H2,1-2H3. The molecular weight excluding hydrogens is 232 g/mol. The van der Waals surface area contributed by atoms with Crippen molar-refractivity contribution < 1.29 is 9.59 Å². The van der Waals surface area contributed by atoms with Gasteiger partial charge in [0.05, 0.1) is 0 Å². The van der Waals surface area contributed by atoms with Gasteiger partial charge in [0.25, 0.3) is 5.91 Å². The number of hydrogen-bond donors (Lipinski definition) is 2. The van der Waals surface area contributed by atoms with Crippen LogP contribution in [0.4, 0.5) is 4.79 Å². The molecule has 15 heavy (non-hydrogen) atoms. The van der Waals surface area contributed by atoms with Crippen molar-refractivity contribution in [3.05, 3.63) is 0 Å². The summed E-state index contributed by atoms with van der Waals surface area (Å²) in [6, 6.07) is -0.229. The van der Waals surface area contributed by atoms with Gasteiger partial charge in [-0.2, -0.15) is 25.3 Å². The molecule has 1 heterocycles. The van der Waals surface area contributed by atoms with E-state index in [1.54, 1.807) is 18.7 Å². The third-order valence-corrected chi connectivity index (χ3v) is 2.95. The molecule has 0 aromatic rings. The molecule has 4 nitrogen and oxygen atoms in total. The Morgan fingerprint density at radius 3 is 2.13 bits per heavy atom. The quantitative estimate of drug-likeness (QED) is 0.573. The van der Waals surface area contributed by atoms with Gasteiger partial charge in [0.1, 0.15) is 5.54 Å². The van der Waals surface area contributed by atoms with Crippen molar-refractivity contribution in [1.82, 2.24) is 9.80 Å². The molecule has 0 aliphatic carbocycles. The Hall–Kier alpha value is -0.360. The Morgan fingerprint density at radius 2 is 1.67 bits per heavy atom. The minimum atomic E-state index is -0.747. The Labute approximate surface area is 101 Å². The molecule has 0 unspecified atom stereocenters. The van der Waals surface area contributed by atoms with Crippen LogP contribution in [-0.4, -0.2) is 51.9 Å². The van der Waals surface area contributed by atoms with Crippen LogP contribution in [0.25, 0.3) is 0 Å². The highest BCUT2D eigenvalue weighted by Gasteiger charge is 2.50. The molecule has 86 valence electrons. The smallest absolute Gasteiger partial charge is 0.309 e. The number of rotatable bonds is 4. The van der Waals surface area contributed by atoms with Crippen molar-refractivity contribution in [3.8, 4) is 0 Å². The van der Waals surface area contributed by atoms with Crippen LogP contribution in [0.1, 0.15) is 13.8 Å². The first-order chi connectivity index (χ1) is 6.96. The molecule has 1 saturated heterocycles.